The maximum Gasteiger partial charge on any atom is 0.113 e. The van der Waals surface area contributed by atoms with Crippen molar-refractivity contribution in [1.29, 1.82) is 0 Å². The van der Waals surface area contributed by atoms with Crippen molar-refractivity contribution in [2.45, 2.75) is 59.5 Å². The minimum absolute atomic E-state index is 0.0148. The van der Waals surface area contributed by atoms with Gasteiger partial charge in [0.2, 0.25) is 0 Å². The third kappa shape index (κ3) is 3.02. The molecule has 0 saturated heterocycles. The van der Waals surface area contributed by atoms with Crippen LogP contribution in [-0.4, -0.2) is 11.0 Å². The highest BCUT2D eigenvalue weighted by Crippen LogP contribution is 2.27. The Morgan fingerprint density at radius 3 is 2.40 bits per heavy atom. The first-order valence-electron chi connectivity index (χ1n) is 5.59. The van der Waals surface area contributed by atoms with E-state index in [1.807, 2.05) is 0 Å². The minimum atomic E-state index is -0.0148. The van der Waals surface area contributed by atoms with Gasteiger partial charge in [0.15, 0.2) is 0 Å². The van der Waals surface area contributed by atoms with Crippen LogP contribution in [0.3, 0.4) is 0 Å². The number of aryl methyl sites for hydroxylation is 2. The van der Waals surface area contributed by atoms with Crippen LogP contribution in [0.5, 0.6) is 0 Å². The highest BCUT2D eigenvalue weighted by Gasteiger charge is 2.25. The molecule has 1 heterocycles. The normalized spacial score (nSPS) is 14.3. The van der Waals surface area contributed by atoms with Crippen molar-refractivity contribution in [3.63, 3.8) is 0 Å². The van der Waals surface area contributed by atoms with E-state index < -0.39 is 0 Å². The average Bonchev–Trinajstić information content (AvgIpc) is 2.47. The highest BCUT2D eigenvalue weighted by molar-refractivity contribution is 7.11. The molecule has 0 aromatic carbocycles. The van der Waals surface area contributed by atoms with Crippen LogP contribution in [0.1, 0.15) is 49.7 Å². The molecule has 0 spiro atoms. The van der Waals surface area contributed by atoms with E-state index >= 15 is 0 Å². The van der Waals surface area contributed by atoms with Crippen LogP contribution in [0, 0.1) is 13.8 Å². The lowest BCUT2D eigenvalue weighted by Crippen LogP contribution is -2.42. The predicted molar refractivity (Wildman–Crippen MR) is 67.5 cm³/mol. The van der Waals surface area contributed by atoms with E-state index in [0.717, 1.165) is 12.1 Å². The van der Waals surface area contributed by atoms with E-state index in [1.54, 1.807) is 11.3 Å². The fourth-order valence-corrected chi connectivity index (χ4v) is 2.50. The van der Waals surface area contributed by atoms with Crippen molar-refractivity contribution in [1.82, 2.24) is 10.3 Å². The van der Waals surface area contributed by atoms with Crippen molar-refractivity contribution in [2.24, 2.45) is 0 Å². The molecule has 3 heteroatoms. The summed E-state index contributed by atoms with van der Waals surface area (Å²) < 4.78 is 0. The zero-order valence-electron chi connectivity index (χ0n) is 10.6. The fraction of sp³-hybridized carbons (Fsp3) is 0.750. The first-order chi connectivity index (χ1) is 6.86. The molecule has 0 aliphatic carbocycles. The lowest BCUT2D eigenvalue weighted by Gasteiger charge is -2.27. The molecule has 0 aliphatic rings. The molecule has 0 radical (unpaired) electrons. The van der Waals surface area contributed by atoms with E-state index in [9.17, 15) is 0 Å². The number of thiazole rings is 1. The monoisotopic (exact) mass is 226 g/mol. The summed E-state index contributed by atoms with van der Waals surface area (Å²) in [6.45, 7) is 13.0. The molecule has 0 fully saturated rings. The maximum atomic E-state index is 4.63. The smallest absolute Gasteiger partial charge is 0.113 e. The zero-order chi connectivity index (χ0) is 11.6. The number of nitrogens with one attached hydrogen (secondary N) is 1. The summed E-state index contributed by atoms with van der Waals surface area (Å²) in [7, 11) is 0. The Bertz CT molecular complexity index is 309. The van der Waals surface area contributed by atoms with Crippen molar-refractivity contribution >= 4 is 11.3 Å². The molecule has 1 aromatic heterocycles. The van der Waals surface area contributed by atoms with Crippen molar-refractivity contribution < 1.29 is 0 Å². The first kappa shape index (κ1) is 12.7. The lowest BCUT2D eigenvalue weighted by molar-refractivity contribution is 0.346. The average molecular weight is 226 g/mol. The van der Waals surface area contributed by atoms with Crippen LogP contribution in [0.2, 0.25) is 0 Å². The van der Waals surface area contributed by atoms with Gasteiger partial charge in [0.05, 0.1) is 11.2 Å². The molecule has 1 atom stereocenters. The second-order valence-corrected chi connectivity index (χ2v) is 5.94. The fourth-order valence-electron chi connectivity index (χ4n) is 1.52. The number of nitrogens with zero attached hydrogens (tertiary/aromatic N) is 1. The van der Waals surface area contributed by atoms with E-state index in [1.165, 1.54) is 9.88 Å². The number of rotatable bonds is 4. The van der Waals surface area contributed by atoms with E-state index in [4.69, 9.17) is 0 Å². The Kier molecular flexibility index (Phi) is 3.90. The van der Waals surface area contributed by atoms with Gasteiger partial charge in [-0.2, -0.15) is 0 Å². The molecule has 1 N–H and O–H groups in total. The van der Waals surface area contributed by atoms with Gasteiger partial charge < -0.3 is 5.32 Å². The van der Waals surface area contributed by atoms with Crippen LogP contribution in [-0.2, 0) is 5.54 Å². The van der Waals surface area contributed by atoms with E-state index in [0.29, 0.717) is 6.04 Å². The second-order valence-electron chi connectivity index (χ2n) is 4.74. The van der Waals surface area contributed by atoms with Crippen molar-refractivity contribution in [2.75, 3.05) is 0 Å². The summed E-state index contributed by atoms with van der Waals surface area (Å²) in [6.07, 6.45) is 1.15. The van der Waals surface area contributed by atoms with E-state index in [2.05, 4.69) is 51.8 Å². The van der Waals surface area contributed by atoms with Gasteiger partial charge in [0, 0.05) is 10.9 Å². The number of hydrogen-bond acceptors (Lipinski definition) is 3. The Labute approximate surface area is 97.1 Å². The summed E-state index contributed by atoms with van der Waals surface area (Å²) >= 11 is 1.80. The standard InChI is InChI=1S/C12H22N2S/c1-7-8(2)14-12(5,6)11-13-9(3)10(4)15-11/h8,14H,7H2,1-6H3. The summed E-state index contributed by atoms with van der Waals surface area (Å²) in [4.78, 5) is 5.95. The molecule has 0 saturated carbocycles. The van der Waals surface area contributed by atoms with Crippen LogP contribution < -0.4 is 5.32 Å². The third-order valence-corrected chi connectivity index (χ3v) is 4.18. The van der Waals surface area contributed by atoms with Crippen LogP contribution in [0.4, 0.5) is 0 Å². The maximum absolute atomic E-state index is 4.63. The molecular weight excluding hydrogens is 204 g/mol. The molecule has 15 heavy (non-hydrogen) atoms. The first-order valence-corrected chi connectivity index (χ1v) is 6.40. The molecule has 1 unspecified atom stereocenters. The SMILES string of the molecule is CCC(C)NC(C)(C)c1nc(C)c(C)s1. The van der Waals surface area contributed by atoms with Gasteiger partial charge in [-0.15, -0.1) is 11.3 Å². The van der Waals surface area contributed by atoms with Gasteiger partial charge in [0.25, 0.3) is 0 Å². The van der Waals surface area contributed by atoms with Crippen LogP contribution >= 0.6 is 11.3 Å². The molecule has 1 rings (SSSR count). The molecular formula is C12H22N2S. The van der Waals surface area contributed by atoms with E-state index in [-0.39, 0.29) is 5.54 Å². The number of aromatic nitrogens is 1. The zero-order valence-corrected chi connectivity index (χ0v) is 11.5. The molecule has 86 valence electrons. The van der Waals surface area contributed by atoms with Gasteiger partial charge in [-0.25, -0.2) is 4.98 Å². The molecule has 1 aromatic rings. The largest absolute Gasteiger partial charge is 0.303 e. The van der Waals surface area contributed by atoms with Crippen LogP contribution in [0.15, 0.2) is 0 Å². The topological polar surface area (TPSA) is 24.9 Å². The summed E-state index contributed by atoms with van der Waals surface area (Å²) in [6, 6.07) is 0.532. The van der Waals surface area contributed by atoms with Crippen LogP contribution in [0.25, 0.3) is 0 Å². The predicted octanol–water partition coefficient (Wildman–Crippen LogP) is 3.38. The quantitative estimate of drug-likeness (QED) is 0.851. The summed E-state index contributed by atoms with van der Waals surface area (Å²) in [5.74, 6) is 0. The molecule has 2 nitrogen and oxygen atoms in total. The number of hydrogen-bond donors (Lipinski definition) is 1. The molecule has 0 amide bonds. The highest BCUT2D eigenvalue weighted by atomic mass is 32.1. The summed E-state index contributed by atoms with van der Waals surface area (Å²) in [5, 5.41) is 4.80. The van der Waals surface area contributed by atoms with Crippen molar-refractivity contribution in [3.05, 3.63) is 15.6 Å². The Morgan fingerprint density at radius 2 is 2.00 bits per heavy atom. The van der Waals surface area contributed by atoms with Gasteiger partial charge in [-0.3, -0.25) is 0 Å². The minimum Gasteiger partial charge on any atom is -0.303 e. The Hall–Kier alpha value is -0.410. The Morgan fingerprint density at radius 1 is 1.40 bits per heavy atom. The van der Waals surface area contributed by atoms with Crippen molar-refractivity contribution in [3.8, 4) is 0 Å². The van der Waals surface area contributed by atoms with Gasteiger partial charge in [0.1, 0.15) is 5.01 Å². The third-order valence-electron chi connectivity index (χ3n) is 2.78. The summed E-state index contributed by atoms with van der Waals surface area (Å²) in [5.41, 5.74) is 1.15. The second kappa shape index (κ2) is 4.62. The van der Waals surface area contributed by atoms with Gasteiger partial charge >= 0.3 is 0 Å². The Balaban J connectivity index is 2.85. The van der Waals surface area contributed by atoms with Gasteiger partial charge in [-0.05, 0) is 41.0 Å². The molecule has 0 aliphatic heterocycles. The lowest BCUT2D eigenvalue weighted by atomic mass is 10.0. The van der Waals surface area contributed by atoms with Gasteiger partial charge in [-0.1, -0.05) is 6.92 Å². The molecule has 0 bridgehead atoms.